The molecule has 17 heteroatoms. The first-order valence-corrected chi connectivity index (χ1v) is 21.0. The van der Waals surface area contributed by atoms with Crippen molar-refractivity contribution in [1.29, 1.82) is 0 Å². The van der Waals surface area contributed by atoms with Crippen LogP contribution in [0.2, 0.25) is 0 Å². The Hall–Kier alpha value is -3.29. The molecule has 2 N–H and O–H groups in total. The van der Waals surface area contributed by atoms with Gasteiger partial charge in [-0.25, -0.2) is 14.3 Å². The maximum absolute atomic E-state index is 14.7. The molecule has 4 aliphatic heterocycles. The number of allylic oxidation sites excluding steroid dienone is 1. The zero-order chi connectivity index (χ0) is 44.5. The summed E-state index contributed by atoms with van der Waals surface area (Å²) < 4.78 is 64.3. The summed E-state index contributed by atoms with van der Waals surface area (Å²) >= 11 is 0. The van der Waals surface area contributed by atoms with Crippen LogP contribution >= 0.6 is 0 Å². The van der Waals surface area contributed by atoms with Gasteiger partial charge in [0.2, 0.25) is 0 Å². The summed E-state index contributed by atoms with van der Waals surface area (Å²) in [6.45, 7) is 19.6. The van der Waals surface area contributed by atoms with E-state index in [0.29, 0.717) is 13.0 Å². The fourth-order valence-corrected chi connectivity index (χ4v) is 9.49. The number of rotatable bonds is 9. The van der Waals surface area contributed by atoms with E-state index < -0.39 is 107 Å². The molecule has 3 fully saturated rings. The van der Waals surface area contributed by atoms with Gasteiger partial charge in [-0.2, -0.15) is 0 Å². The van der Waals surface area contributed by atoms with Crippen LogP contribution in [-0.2, 0) is 61.8 Å². The number of ketones is 1. The second-order valence-corrected chi connectivity index (χ2v) is 17.8. The Labute approximate surface area is 353 Å². The molecule has 0 amide bonds. The lowest BCUT2D eigenvalue weighted by atomic mass is 9.76. The van der Waals surface area contributed by atoms with E-state index in [9.17, 15) is 19.2 Å². The highest BCUT2D eigenvalue weighted by atomic mass is 16.7. The van der Waals surface area contributed by atoms with Gasteiger partial charge in [0.1, 0.15) is 23.6 Å². The first kappa shape index (κ1) is 47.8. The molecule has 338 valence electrons. The average molecular weight is 850 g/mol. The molecule has 3 saturated heterocycles. The first-order chi connectivity index (χ1) is 28.1. The monoisotopic (exact) mass is 849 g/mol. The Morgan fingerprint density at radius 2 is 1.68 bits per heavy atom. The summed E-state index contributed by atoms with van der Waals surface area (Å²) in [6.07, 6.45) is -1.00. The Bertz CT molecular complexity index is 1720. The Balaban J connectivity index is 1.64. The summed E-state index contributed by atoms with van der Waals surface area (Å²) in [5.41, 5.74) is 2.50. The molecule has 1 aromatic rings. The number of carbonyl (C=O) groups excluding carboxylic acids is 4. The SMILES string of the molecule is CC[C@H]1OC(=O)[C@H](C)[C@@H](O[C@H]2C[C@@](C)(OC)[C@@]3(CO3)[C@H](C)O2)[C@H](C)[C@@H](O[C@@H]2O[C@H](C)C[C@H](N)[C@H]2OC(C)=O)[C@@](C)(OC)C[C@@H](C)C(=O)/C(C)=C/[C@]1(C)OC(=O)n1ccnc1. The van der Waals surface area contributed by atoms with Crippen molar-refractivity contribution in [2.45, 2.75) is 179 Å². The largest absolute Gasteiger partial charge is 0.457 e. The molecular formula is C43H67N3O14. The second-order valence-electron chi connectivity index (χ2n) is 17.8. The topological polar surface area (TPSA) is 208 Å². The van der Waals surface area contributed by atoms with Crippen LogP contribution < -0.4 is 5.73 Å². The van der Waals surface area contributed by atoms with Crippen LogP contribution in [0.5, 0.6) is 0 Å². The number of Topliss-reactive ketones (excluding diaryl/α,β-unsaturated/α-hetero) is 1. The smallest absolute Gasteiger partial charge is 0.420 e. The second kappa shape index (κ2) is 18.6. The summed E-state index contributed by atoms with van der Waals surface area (Å²) in [5, 5.41) is 0. The Kier molecular flexibility index (Phi) is 14.8. The van der Waals surface area contributed by atoms with Crippen LogP contribution in [0, 0.1) is 17.8 Å². The van der Waals surface area contributed by atoms with Crippen LogP contribution in [0.1, 0.15) is 102 Å². The van der Waals surface area contributed by atoms with E-state index in [0.717, 1.165) is 4.57 Å². The van der Waals surface area contributed by atoms with Crippen molar-refractivity contribution in [3.8, 4) is 0 Å². The van der Waals surface area contributed by atoms with Crippen LogP contribution in [0.15, 0.2) is 30.4 Å². The summed E-state index contributed by atoms with van der Waals surface area (Å²) in [5.74, 6) is -3.95. The minimum Gasteiger partial charge on any atom is -0.457 e. The Morgan fingerprint density at radius 3 is 2.25 bits per heavy atom. The van der Waals surface area contributed by atoms with Gasteiger partial charge in [0.05, 0.1) is 42.5 Å². The lowest BCUT2D eigenvalue weighted by Crippen LogP contribution is -2.62. The number of esters is 2. The lowest BCUT2D eigenvalue weighted by molar-refractivity contribution is -0.314. The minimum atomic E-state index is -1.60. The molecule has 0 unspecified atom stereocenters. The third-order valence-corrected chi connectivity index (χ3v) is 13.2. The van der Waals surface area contributed by atoms with Crippen molar-refractivity contribution in [3.63, 3.8) is 0 Å². The predicted molar refractivity (Wildman–Crippen MR) is 214 cm³/mol. The molecule has 4 aliphatic rings. The number of hydrogen-bond acceptors (Lipinski definition) is 16. The highest BCUT2D eigenvalue weighted by Gasteiger charge is 2.67. The van der Waals surface area contributed by atoms with E-state index in [1.165, 1.54) is 38.8 Å². The van der Waals surface area contributed by atoms with E-state index >= 15 is 0 Å². The van der Waals surface area contributed by atoms with Gasteiger partial charge in [-0.05, 0) is 79.4 Å². The molecular weight excluding hydrogens is 782 g/mol. The quantitative estimate of drug-likeness (QED) is 0.204. The van der Waals surface area contributed by atoms with Crippen LogP contribution in [-0.4, -0.2) is 132 Å². The molecule has 0 bridgehead atoms. The van der Waals surface area contributed by atoms with Crippen molar-refractivity contribution in [2.24, 2.45) is 23.5 Å². The zero-order valence-corrected chi connectivity index (χ0v) is 37.5. The van der Waals surface area contributed by atoms with Gasteiger partial charge in [0.15, 0.2) is 30.1 Å². The maximum Gasteiger partial charge on any atom is 0.420 e. The van der Waals surface area contributed by atoms with E-state index in [2.05, 4.69) is 4.98 Å². The molecule has 16 atom stereocenters. The lowest BCUT2D eigenvalue weighted by Gasteiger charge is -2.49. The summed E-state index contributed by atoms with van der Waals surface area (Å²) in [6, 6.07) is -0.622. The third-order valence-electron chi connectivity index (χ3n) is 13.2. The minimum absolute atomic E-state index is 0.113. The molecule has 0 radical (unpaired) electrons. The first-order valence-electron chi connectivity index (χ1n) is 21.0. The molecule has 5 heterocycles. The molecule has 1 spiro atoms. The molecule has 1 aromatic heterocycles. The molecule has 0 aliphatic carbocycles. The number of nitrogens with two attached hydrogens (primary N) is 1. The van der Waals surface area contributed by atoms with Crippen LogP contribution in [0.4, 0.5) is 4.79 Å². The van der Waals surface area contributed by atoms with Gasteiger partial charge in [0, 0.05) is 57.8 Å². The highest BCUT2D eigenvalue weighted by molar-refractivity contribution is 5.96. The third kappa shape index (κ3) is 9.68. The predicted octanol–water partition coefficient (Wildman–Crippen LogP) is 4.65. The van der Waals surface area contributed by atoms with Crippen molar-refractivity contribution in [1.82, 2.24) is 9.55 Å². The van der Waals surface area contributed by atoms with Gasteiger partial charge in [-0.3, -0.25) is 14.4 Å². The fraction of sp³-hybridized carbons (Fsp3) is 0.791. The molecule has 0 aromatic carbocycles. The van der Waals surface area contributed by atoms with Crippen molar-refractivity contribution in [2.75, 3.05) is 20.8 Å². The number of hydrogen-bond donors (Lipinski definition) is 1. The molecule has 60 heavy (non-hydrogen) atoms. The number of methoxy groups -OCH3 is 2. The molecule has 17 nitrogen and oxygen atoms in total. The van der Waals surface area contributed by atoms with Crippen molar-refractivity contribution in [3.05, 3.63) is 30.4 Å². The standard InChI is InChI=1S/C43H67N3O14/c1-14-31-40(9,60-39(50)46-16-15-45-22-46)18-23(2)33(48)24(3)19-41(10,51-12)36(59-38-35(56-29(8)47)30(44)17-25(4)54-38)26(5)34(27(6)37(49)57-31)58-32-20-42(11,52-13)43(21-53-43)28(7)55-32/h15-16,18,22,24-28,30-32,34-36,38H,14,17,19-21,44H2,1-13H3/b23-18+/t24-,25-,26+,27-,28+,30+,31-,32+,34+,35-,36-,38+,40+,41+,42-,43-/m1/s1. The van der Waals surface area contributed by atoms with Crippen LogP contribution in [0.25, 0.3) is 0 Å². The average Bonchev–Trinajstić information content (AvgIpc) is 3.82. The fourth-order valence-electron chi connectivity index (χ4n) is 9.49. The highest BCUT2D eigenvalue weighted by Crippen LogP contribution is 2.51. The van der Waals surface area contributed by atoms with Crippen molar-refractivity contribution < 1.29 is 66.5 Å². The van der Waals surface area contributed by atoms with Gasteiger partial charge < -0.3 is 53.1 Å². The van der Waals surface area contributed by atoms with Crippen LogP contribution in [0.3, 0.4) is 0 Å². The number of nitrogens with zero attached hydrogens (tertiary/aromatic N) is 2. The van der Waals surface area contributed by atoms with Gasteiger partial charge in [-0.1, -0.05) is 20.8 Å². The molecule has 5 rings (SSSR count). The number of carbonyl (C=O) groups is 4. The van der Waals surface area contributed by atoms with E-state index in [1.807, 2.05) is 34.6 Å². The Morgan fingerprint density at radius 1 is 1.00 bits per heavy atom. The number of aromatic nitrogens is 2. The normalized spacial score (nSPS) is 43.9. The zero-order valence-electron chi connectivity index (χ0n) is 37.5. The van der Waals surface area contributed by atoms with Gasteiger partial charge in [0.25, 0.3) is 0 Å². The number of epoxide rings is 1. The molecule has 0 saturated carbocycles. The van der Waals surface area contributed by atoms with E-state index in [4.69, 9.17) is 53.1 Å². The van der Waals surface area contributed by atoms with Gasteiger partial charge in [-0.15, -0.1) is 0 Å². The van der Waals surface area contributed by atoms with E-state index in [1.54, 1.807) is 41.7 Å². The van der Waals surface area contributed by atoms with Crippen molar-refractivity contribution >= 4 is 23.8 Å². The summed E-state index contributed by atoms with van der Waals surface area (Å²) in [4.78, 5) is 58.9. The summed E-state index contributed by atoms with van der Waals surface area (Å²) in [7, 11) is 3.13. The maximum atomic E-state index is 14.7. The van der Waals surface area contributed by atoms with E-state index in [-0.39, 0.29) is 36.7 Å². The number of imidazole rings is 1. The van der Waals surface area contributed by atoms with Gasteiger partial charge >= 0.3 is 18.0 Å². The number of cyclic esters (lactones) is 1. The number of ether oxygens (including phenoxy) is 10.